The molecule has 0 atom stereocenters. The minimum atomic E-state index is -0.468. The normalized spacial score (nSPS) is 10.3. The van der Waals surface area contributed by atoms with Crippen LogP contribution in [0, 0.1) is 19.7 Å². The van der Waals surface area contributed by atoms with E-state index in [1.807, 2.05) is 6.92 Å². The van der Waals surface area contributed by atoms with Crippen molar-refractivity contribution in [1.29, 1.82) is 0 Å². The van der Waals surface area contributed by atoms with E-state index in [-0.39, 0.29) is 5.75 Å². The SMILES string of the molecule is Cc1cc(Oc2ccncc2C)c(F)cc1N. The largest absolute Gasteiger partial charge is 0.454 e. The van der Waals surface area contributed by atoms with Crippen molar-refractivity contribution >= 4 is 5.69 Å². The van der Waals surface area contributed by atoms with Crippen LogP contribution >= 0.6 is 0 Å². The summed E-state index contributed by atoms with van der Waals surface area (Å²) < 4.78 is 19.1. The molecule has 17 heavy (non-hydrogen) atoms. The Bertz CT molecular complexity index is 555. The standard InChI is InChI=1S/C13H13FN2O/c1-8-5-13(10(14)6-11(8)15)17-12-3-4-16-7-9(12)2/h3-7H,15H2,1-2H3. The number of nitrogens with zero attached hydrogens (tertiary/aromatic N) is 1. The van der Waals surface area contributed by atoms with E-state index in [0.717, 1.165) is 11.1 Å². The van der Waals surface area contributed by atoms with Crippen LogP contribution in [-0.2, 0) is 0 Å². The molecule has 1 aromatic heterocycles. The van der Waals surface area contributed by atoms with Crippen LogP contribution in [-0.4, -0.2) is 4.98 Å². The maximum Gasteiger partial charge on any atom is 0.167 e. The average molecular weight is 232 g/mol. The van der Waals surface area contributed by atoms with Crippen molar-refractivity contribution in [2.75, 3.05) is 5.73 Å². The maximum atomic E-state index is 13.6. The molecule has 2 N–H and O–H groups in total. The van der Waals surface area contributed by atoms with Gasteiger partial charge in [0.1, 0.15) is 5.75 Å². The molecule has 2 rings (SSSR count). The molecule has 4 heteroatoms. The molecule has 2 aromatic rings. The summed E-state index contributed by atoms with van der Waals surface area (Å²) in [5.74, 6) is 0.290. The van der Waals surface area contributed by atoms with Crippen LogP contribution in [0.15, 0.2) is 30.6 Å². The molecular formula is C13H13FN2O. The lowest BCUT2D eigenvalue weighted by atomic mass is 10.2. The number of halogens is 1. The number of pyridine rings is 1. The van der Waals surface area contributed by atoms with Gasteiger partial charge in [0.2, 0.25) is 0 Å². The number of nitrogen functional groups attached to an aromatic ring is 1. The Morgan fingerprint density at radius 1 is 1.18 bits per heavy atom. The van der Waals surface area contributed by atoms with Crippen molar-refractivity contribution in [2.24, 2.45) is 0 Å². The summed E-state index contributed by atoms with van der Waals surface area (Å²) in [7, 11) is 0. The summed E-state index contributed by atoms with van der Waals surface area (Å²) in [6, 6.07) is 4.55. The van der Waals surface area contributed by atoms with Crippen LogP contribution in [0.5, 0.6) is 11.5 Å². The number of aromatic nitrogens is 1. The van der Waals surface area contributed by atoms with E-state index in [4.69, 9.17) is 10.5 Å². The molecule has 88 valence electrons. The first kappa shape index (κ1) is 11.4. The fourth-order valence-electron chi connectivity index (χ4n) is 1.44. The highest BCUT2D eigenvalue weighted by atomic mass is 19.1. The quantitative estimate of drug-likeness (QED) is 0.809. The molecule has 0 spiro atoms. The van der Waals surface area contributed by atoms with Gasteiger partial charge in [-0.25, -0.2) is 4.39 Å². The zero-order chi connectivity index (χ0) is 12.4. The second kappa shape index (κ2) is 4.41. The second-order valence-electron chi connectivity index (χ2n) is 3.88. The highest BCUT2D eigenvalue weighted by Gasteiger charge is 2.09. The lowest BCUT2D eigenvalue weighted by molar-refractivity contribution is 0.439. The lowest BCUT2D eigenvalue weighted by Crippen LogP contribution is -1.95. The predicted molar refractivity (Wildman–Crippen MR) is 64.6 cm³/mol. The second-order valence-corrected chi connectivity index (χ2v) is 3.88. The minimum Gasteiger partial charge on any atom is -0.454 e. The maximum absolute atomic E-state index is 13.6. The molecule has 0 amide bonds. The van der Waals surface area contributed by atoms with Crippen molar-refractivity contribution < 1.29 is 9.13 Å². The zero-order valence-electron chi connectivity index (χ0n) is 9.70. The molecule has 3 nitrogen and oxygen atoms in total. The fraction of sp³-hybridized carbons (Fsp3) is 0.154. The molecule has 0 aliphatic heterocycles. The average Bonchev–Trinajstić information content (AvgIpc) is 2.29. The molecule has 1 aromatic carbocycles. The Balaban J connectivity index is 2.37. The van der Waals surface area contributed by atoms with Crippen LogP contribution in [0.1, 0.15) is 11.1 Å². The molecular weight excluding hydrogens is 219 g/mol. The van der Waals surface area contributed by atoms with Gasteiger partial charge in [-0.3, -0.25) is 4.98 Å². The Hall–Kier alpha value is -2.10. The van der Waals surface area contributed by atoms with Crippen molar-refractivity contribution in [3.8, 4) is 11.5 Å². The first-order valence-electron chi connectivity index (χ1n) is 5.22. The van der Waals surface area contributed by atoms with Crippen LogP contribution < -0.4 is 10.5 Å². The Morgan fingerprint density at radius 3 is 2.65 bits per heavy atom. The fourth-order valence-corrected chi connectivity index (χ4v) is 1.44. The van der Waals surface area contributed by atoms with E-state index in [2.05, 4.69) is 4.98 Å². The van der Waals surface area contributed by atoms with Gasteiger partial charge >= 0.3 is 0 Å². The van der Waals surface area contributed by atoms with E-state index in [1.165, 1.54) is 6.07 Å². The van der Waals surface area contributed by atoms with E-state index >= 15 is 0 Å². The highest BCUT2D eigenvalue weighted by Crippen LogP contribution is 2.29. The summed E-state index contributed by atoms with van der Waals surface area (Å²) in [5, 5.41) is 0. The molecule has 0 bridgehead atoms. The number of benzene rings is 1. The minimum absolute atomic E-state index is 0.172. The van der Waals surface area contributed by atoms with E-state index in [0.29, 0.717) is 11.4 Å². The van der Waals surface area contributed by atoms with Gasteiger partial charge < -0.3 is 10.5 Å². The molecule has 0 aliphatic carbocycles. The van der Waals surface area contributed by atoms with Gasteiger partial charge in [0, 0.05) is 29.7 Å². The van der Waals surface area contributed by atoms with Gasteiger partial charge in [0.05, 0.1) is 0 Å². The number of aryl methyl sites for hydroxylation is 2. The highest BCUT2D eigenvalue weighted by molar-refractivity contribution is 5.51. The van der Waals surface area contributed by atoms with Gasteiger partial charge in [-0.1, -0.05) is 0 Å². The third kappa shape index (κ3) is 2.36. The summed E-state index contributed by atoms with van der Waals surface area (Å²) in [4.78, 5) is 3.95. The van der Waals surface area contributed by atoms with Crippen LogP contribution in [0.2, 0.25) is 0 Å². The van der Waals surface area contributed by atoms with Gasteiger partial charge in [-0.15, -0.1) is 0 Å². The van der Waals surface area contributed by atoms with Crippen LogP contribution in [0.4, 0.5) is 10.1 Å². The monoisotopic (exact) mass is 232 g/mol. The van der Waals surface area contributed by atoms with Gasteiger partial charge in [-0.2, -0.15) is 0 Å². The summed E-state index contributed by atoms with van der Waals surface area (Å²) >= 11 is 0. The molecule has 1 heterocycles. The number of nitrogens with two attached hydrogens (primary N) is 1. The smallest absolute Gasteiger partial charge is 0.167 e. The third-order valence-corrected chi connectivity index (χ3v) is 2.51. The first-order chi connectivity index (χ1) is 8.08. The van der Waals surface area contributed by atoms with Crippen molar-refractivity contribution in [3.63, 3.8) is 0 Å². The number of anilines is 1. The van der Waals surface area contributed by atoms with Gasteiger partial charge in [0.15, 0.2) is 11.6 Å². The summed E-state index contributed by atoms with van der Waals surface area (Å²) in [6.45, 7) is 3.66. The number of rotatable bonds is 2. The lowest BCUT2D eigenvalue weighted by Gasteiger charge is -2.10. The van der Waals surface area contributed by atoms with Gasteiger partial charge in [0.25, 0.3) is 0 Å². The van der Waals surface area contributed by atoms with Crippen molar-refractivity contribution in [3.05, 3.63) is 47.5 Å². The number of hydrogen-bond donors (Lipinski definition) is 1. The molecule has 0 saturated heterocycles. The topological polar surface area (TPSA) is 48.1 Å². The molecule has 0 fully saturated rings. The summed E-state index contributed by atoms with van der Waals surface area (Å²) in [5.41, 5.74) is 7.66. The summed E-state index contributed by atoms with van der Waals surface area (Å²) in [6.07, 6.45) is 3.27. The Kier molecular flexibility index (Phi) is 2.95. The van der Waals surface area contributed by atoms with E-state index in [1.54, 1.807) is 31.5 Å². The van der Waals surface area contributed by atoms with Crippen molar-refractivity contribution in [2.45, 2.75) is 13.8 Å². The zero-order valence-corrected chi connectivity index (χ0v) is 9.70. The number of hydrogen-bond acceptors (Lipinski definition) is 3. The van der Waals surface area contributed by atoms with E-state index in [9.17, 15) is 4.39 Å². The molecule has 0 unspecified atom stereocenters. The number of ether oxygens (including phenoxy) is 1. The van der Waals surface area contributed by atoms with E-state index < -0.39 is 5.82 Å². The van der Waals surface area contributed by atoms with Crippen LogP contribution in [0.25, 0.3) is 0 Å². The molecule has 0 aliphatic rings. The molecule has 0 saturated carbocycles. The Morgan fingerprint density at radius 2 is 1.94 bits per heavy atom. The van der Waals surface area contributed by atoms with Gasteiger partial charge in [-0.05, 0) is 31.5 Å². The first-order valence-corrected chi connectivity index (χ1v) is 5.22. The van der Waals surface area contributed by atoms with Crippen LogP contribution in [0.3, 0.4) is 0 Å². The Labute approximate surface area is 99.1 Å². The van der Waals surface area contributed by atoms with Crippen molar-refractivity contribution in [1.82, 2.24) is 4.98 Å². The molecule has 0 radical (unpaired) electrons. The predicted octanol–water partition coefficient (Wildman–Crippen LogP) is 3.21. The third-order valence-electron chi connectivity index (χ3n) is 2.51.